The molecule has 1 fully saturated rings. The molecule has 1 aromatic heterocycles. The maximum atomic E-state index is 11.2. The quantitative estimate of drug-likeness (QED) is 0.929. The first-order valence-electron chi connectivity index (χ1n) is 6.45. The minimum Gasteiger partial charge on any atom is -0.477 e. The molecule has 0 aliphatic carbocycles. The SMILES string of the molecule is CCCN1CCC(n2cc(Br)cc2C(=O)O)CC1. The Morgan fingerprint density at radius 3 is 2.72 bits per heavy atom. The van der Waals surface area contributed by atoms with Gasteiger partial charge in [0, 0.05) is 29.8 Å². The van der Waals surface area contributed by atoms with Crippen LogP contribution in [-0.4, -0.2) is 40.2 Å². The van der Waals surface area contributed by atoms with Crippen molar-refractivity contribution in [1.82, 2.24) is 9.47 Å². The van der Waals surface area contributed by atoms with Crippen molar-refractivity contribution < 1.29 is 9.90 Å². The zero-order valence-electron chi connectivity index (χ0n) is 10.6. The minimum absolute atomic E-state index is 0.315. The Morgan fingerprint density at radius 2 is 2.17 bits per heavy atom. The highest BCUT2D eigenvalue weighted by molar-refractivity contribution is 9.10. The largest absolute Gasteiger partial charge is 0.477 e. The number of piperidine rings is 1. The van der Waals surface area contributed by atoms with Gasteiger partial charge in [-0.25, -0.2) is 4.79 Å². The third-order valence-corrected chi connectivity index (χ3v) is 3.96. The van der Waals surface area contributed by atoms with Crippen LogP contribution in [-0.2, 0) is 0 Å². The average molecular weight is 315 g/mol. The molecule has 0 unspecified atom stereocenters. The van der Waals surface area contributed by atoms with Crippen LogP contribution in [0.15, 0.2) is 16.7 Å². The van der Waals surface area contributed by atoms with E-state index in [2.05, 4.69) is 27.8 Å². The van der Waals surface area contributed by atoms with Crippen LogP contribution in [0, 0.1) is 0 Å². The number of carboxylic acid groups (broad SMARTS) is 1. The molecule has 1 aromatic rings. The van der Waals surface area contributed by atoms with E-state index in [-0.39, 0.29) is 0 Å². The fourth-order valence-electron chi connectivity index (χ4n) is 2.66. The van der Waals surface area contributed by atoms with Crippen LogP contribution in [0.4, 0.5) is 0 Å². The van der Waals surface area contributed by atoms with E-state index in [4.69, 9.17) is 0 Å². The Kier molecular flexibility index (Phi) is 4.45. The lowest BCUT2D eigenvalue weighted by atomic mass is 10.0. The maximum Gasteiger partial charge on any atom is 0.352 e. The van der Waals surface area contributed by atoms with Crippen molar-refractivity contribution in [2.75, 3.05) is 19.6 Å². The summed E-state index contributed by atoms with van der Waals surface area (Å²) >= 11 is 3.36. The number of hydrogen-bond acceptors (Lipinski definition) is 2. The highest BCUT2D eigenvalue weighted by Gasteiger charge is 2.23. The molecule has 0 saturated carbocycles. The summed E-state index contributed by atoms with van der Waals surface area (Å²) in [5.74, 6) is -0.850. The summed E-state index contributed by atoms with van der Waals surface area (Å²) in [6.45, 7) is 5.46. The minimum atomic E-state index is -0.850. The standard InChI is InChI=1S/C13H19BrN2O2/c1-2-5-15-6-3-11(4-7-15)16-9-10(14)8-12(16)13(17)18/h8-9,11H,2-7H2,1H3,(H,17,18). The number of aromatic carboxylic acids is 1. The van der Waals surface area contributed by atoms with Crippen molar-refractivity contribution in [3.8, 4) is 0 Å². The van der Waals surface area contributed by atoms with Crippen molar-refractivity contribution in [2.45, 2.75) is 32.2 Å². The number of aromatic nitrogens is 1. The van der Waals surface area contributed by atoms with Gasteiger partial charge < -0.3 is 14.6 Å². The lowest BCUT2D eigenvalue weighted by molar-refractivity contribution is 0.0678. The average Bonchev–Trinajstić information content (AvgIpc) is 2.73. The van der Waals surface area contributed by atoms with Crippen molar-refractivity contribution >= 4 is 21.9 Å². The fraction of sp³-hybridized carbons (Fsp3) is 0.615. The Labute approximate surface area is 116 Å². The van der Waals surface area contributed by atoms with Gasteiger partial charge in [-0.1, -0.05) is 6.92 Å². The number of carbonyl (C=O) groups is 1. The second-order valence-electron chi connectivity index (χ2n) is 4.83. The zero-order valence-corrected chi connectivity index (χ0v) is 12.2. The van der Waals surface area contributed by atoms with Gasteiger partial charge in [0.15, 0.2) is 0 Å². The molecule has 0 spiro atoms. The monoisotopic (exact) mass is 314 g/mol. The third-order valence-electron chi connectivity index (χ3n) is 3.52. The van der Waals surface area contributed by atoms with Crippen LogP contribution < -0.4 is 0 Å². The molecule has 4 nitrogen and oxygen atoms in total. The first-order chi connectivity index (χ1) is 8.61. The lowest BCUT2D eigenvalue weighted by Crippen LogP contribution is -2.35. The highest BCUT2D eigenvalue weighted by atomic mass is 79.9. The second kappa shape index (κ2) is 5.89. The number of carboxylic acids is 1. The maximum absolute atomic E-state index is 11.2. The highest BCUT2D eigenvalue weighted by Crippen LogP contribution is 2.27. The summed E-state index contributed by atoms with van der Waals surface area (Å²) in [6, 6.07) is 2.00. The van der Waals surface area contributed by atoms with E-state index in [0.29, 0.717) is 11.7 Å². The van der Waals surface area contributed by atoms with E-state index in [1.54, 1.807) is 6.07 Å². The molecule has 1 aliphatic heterocycles. The van der Waals surface area contributed by atoms with Crippen LogP contribution in [0.5, 0.6) is 0 Å². The number of hydrogen-bond donors (Lipinski definition) is 1. The number of nitrogens with zero attached hydrogens (tertiary/aromatic N) is 2. The fourth-order valence-corrected chi connectivity index (χ4v) is 3.09. The van der Waals surface area contributed by atoms with Crippen LogP contribution in [0.2, 0.25) is 0 Å². The molecular formula is C13H19BrN2O2. The van der Waals surface area contributed by atoms with Gasteiger partial charge in [-0.05, 0) is 47.8 Å². The Morgan fingerprint density at radius 1 is 1.50 bits per heavy atom. The first-order valence-corrected chi connectivity index (χ1v) is 7.24. The molecule has 0 amide bonds. The Bertz CT molecular complexity index is 423. The van der Waals surface area contributed by atoms with Gasteiger partial charge in [0.1, 0.15) is 5.69 Å². The lowest BCUT2D eigenvalue weighted by Gasteiger charge is -2.33. The van der Waals surface area contributed by atoms with Gasteiger partial charge in [0.25, 0.3) is 0 Å². The van der Waals surface area contributed by atoms with Crippen LogP contribution in [0.1, 0.15) is 42.7 Å². The first kappa shape index (κ1) is 13.6. The molecule has 1 saturated heterocycles. The smallest absolute Gasteiger partial charge is 0.352 e. The van der Waals surface area contributed by atoms with Gasteiger partial charge in [0.2, 0.25) is 0 Å². The predicted molar refractivity (Wildman–Crippen MR) is 74.1 cm³/mol. The number of rotatable bonds is 4. The molecule has 2 rings (SSSR count). The number of halogens is 1. The summed E-state index contributed by atoms with van der Waals surface area (Å²) in [4.78, 5) is 13.6. The van der Waals surface area contributed by atoms with E-state index in [0.717, 1.165) is 36.9 Å². The molecule has 1 N–H and O–H groups in total. The van der Waals surface area contributed by atoms with Gasteiger partial charge >= 0.3 is 5.97 Å². The normalized spacial score (nSPS) is 18.1. The van der Waals surface area contributed by atoms with E-state index >= 15 is 0 Å². The molecule has 2 heterocycles. The van der Waals surface area contributed by atoms with Crippen molar-refractivity contribution in [3.63, 3.8) is 0 Å². The van der Waals surface area contributed by atoms with Gasteiger partial charge in [-0.15, -0.1) is 0 Å². The Hall–Kier alpha value is -0.810. The van der Waals surface area contributed by atoms with Crippen molar-refractivity contribution in [2.24, 2.45) is 0 Å². The zero-order chi connectivity index (χ0) is 13.1. The van der Waals surface area contributed by atoms with E-state index in [9.17, 15) is 9.90 Å². The van der Waals surface area contributed by atoms with Crippen LogP contribution in [0.3, 0.4) is 0 Å². The van der Waals surface area contributed by atoms with E-state index < -0.39 is 5.97 Å². The molecule has 0 atom stereocenters. The van der Waals surface area contributed by atoms with Gasteiger partial charge in [-0.2, -0.15) is 0 Å². The summed E-state index contributed by atoms with van der Waals surface area (Å²) in [6.07, 6.45) is 5.13. The van der Waals surface area contributed by atoms with Crippen molar-refractivity contribution in [1.29, 1.82) is 0 Å². The predicted octanol–water partition coefficient (Wildman–Crippen LogP) is 3.00. The number of likely N-dealkylation sites (tertiary alicyclic amines) is 1. The van der Waals surface area contributed by atoms with Gasteiger partial charge in [-0.3, -0.25) is 0 Å². The summed E-state index contributed by atoms with van der Waals surface area (Å²) in [5, 5.41) is 9.19. The van der Waals surface area contributed by atoms with Gasteiger partial charge in [0.05, 0.1) is 0 Å². The molecule has 5 heteroatoms. The molecule has 0 aromatic carbocycles. The van der Waals surface area contributed by atoms with E-state index in [1.165, 1.54) is 6.42 Å². The molecule has 1 aliphatic rings. The second-order valence-corrected chi connectivity index (χ2v) is 5.74. The Balaban J connectivity index is 2.07. The summed E-state index contributed by atoms with van der Waals surface area (Å²) < 4.78 is 2.76. The molecule has 100 valence electrons. The topological polar surface area (TPSA) is 45.5 Å². The molecule has 0 bridgehead atoms. The molecular weight excluding hydrogens is 296 g/mol. The molecule has 18 heavy (non-hydrogen) atoms. The third kappa shape index (κ3) is 2.95. The molecule has 0 radical (unpaired) electrons. The summed E-state index contributed by atoms with van der Waals surface area (Å²) in [7, 11) is 0. The van der Waals surface area contributed by atoms with Crippen LogP contribution in [0.25, 0.3) is 0 Å². The van der Waals surface area contributed by atoms with E-state index in [1.807, 2.05) is 10.8 Å². The van der Waals surface area contributed by atoms with Crippen molar-refractivity contribution in [3.05, 3.63) is 22.4 Å². The van der Waals surface area contributed by atoms with Crippen LogP contribution >= 0.6 is 15.9 Å². The summed E-state index contributed by atoms with van der Waals surface area (Å²) in [5.41, 5.74) is 0.385.